The van der Waals surface area contributed by atoms with Gasteiger partial charge in [0.15, 0.2) is 0 Å². The van der Waals surface area contributed by atoms with Crippen LogP contribution in [0.3, 0.4) is 0 Å². The van der Waals surface area contributed by atoms with E-state index in [0.717, 1.165) is 73.8 Å². The fourth-order valence-electron chi connectivity index (χ4n) is 14.1. The Morgan fingerprint density at radius 2 is 0.966 bits per heavy atom. The van der Waals surface area contributed by atoms with Gasteiger partial charge in [0.2, 0.25) is 0 Å². The Balaban J connectivity index is 0.00000142. The summed E-state index contributed by atoms with van der Waals surface area (Å²) < 4.78 is 0. The summed E-state index contributed by atoms with van der Waals surface area (Å²) >= 11 is 0. The maximum atomic E-state index is 11.3. The molecule has 0 amide bonds. The Kier molecular flexibility index (Phi) is 15.7. The molecule has 0 radical (unpaired) electrons. The number of nitrogens with zero attached hydrogens (tertiary/aromatic N) is 2. The highest BCUT2D eigenvalue weighted by molar-refractivity contribution is 5.86. The molecule has 2 heterocycles. The number of phenolic OH excluding ortho intramolecular Hbond substituents is 2. The molecule has 2 aromatic rings. The van der Waals surface area contributed by atoms with Crippen LogP contribution in [-0.2, 0) is 36.8 Å². The lowest BCUT2D eigenvalue weighted by Gasteiger charge is -2.59. The Morgan fingerprint density at radius 3 is 1.36 bits per heavy atom. The highest BCUT2D eigenvalue weighted by Gasteiger charge is 2.55. The van der Waals surface area contributed by atoms with Crippen molar-refractivity contribution in [2.75, 3.05) is 39.3 Å². The van der Waals surface area contributed by atoms with Crippen molar-refractivity contribution in [1.82, 2.24) is 20.4 Å². The summed E-state index contributed by atoms with van der Waals surface area (Å²) in [4.78, 5) is 5.82. The summed E-state index contributed by atoms with van der Waals surface area (Å²) in [6.45, 7) is 8.54. The van der Waals surface area contributed by atoms with Crippen molar-refractivity contribution < 1.29 is 10.2 Å². The third kappa shape index (κ3) is 8.44. The fraction of sp³-hybridized carbons (Fsp3) is 0.750. The molecule has 4 saturated carbocycles. The van der Waals surface area contributed by atoms with E-state index in [2.05, 4.69) is 44.7 Å². The number of hydrogen-bond donors (Lipinski definition) is 4. The Hall–Kier alpha value is -0.960. The zero-order valence-electron chi connectivity index (χ0n) is 35.0. The van der Waals surface area contributed by atoms with Gasteiger partial charge in [-0.1, -0.05) is 50.7 Å². The average molecular weight is 881 g/mol. The van der Waals surface area contributed by atoms with Gasteiger partial charge in [0, 0.05) is 60.2 Å². The second-order valence-electron chi connectivity index (χ2n) is 20.0. The van der Waals surface area contributed by atoms with Crippen LogP contribution in [0.5, 0.6) is 11.5 Å². The molecule has 0 spiro atoms. The van der Waals surface area contributed by atoms with Gasteiger partial charge in [0.05, 0.1) is 0 Å². The highest BCUT2D eigenvalue weighted by atomic mass is 35.5. The molecule has 6 atom stereocenters. The molecule has 0 aromatic heterocycles. The monoisotopic (exact) mass is 878 g/mol. The molecule has 6 nitrogen and oxygen atoms in total. The van der Waals surface area contributed by atoms with E-state index in [1.807, 2.05) is 0 Å². The van der Waals surface area contributed by atoms with Crippen LogP contribution in [0.2, 0.25) is 0 Å². The van der Waals surface area contributed by atoms with Gasteiger partial charge >= 0.3 is 0 Å². The summed E-state index contributed by atoms with van der Waals surface area (Å²) in [6.07, 6.45) is 26.6. The summed E-state index contributed by atoms with van der Waals surface area (Å²) in [5, 5.41) is 30.0. The zero-order valence-corrected chi connectivity index (χ0v) is 38.3. The van der Waals surface area contributed by atoms with Crippen LogP contribution >= 0.6 is 49.6 Å². The summed E-state index contributed by atoms with van der Waals surface area (Å²) in [5.74, 6) is 4.44. The van der Waals surface area contributed by atoms with E-state index in [4.69, 9.17) is 0 Å². The lowest BCUT2D eigenvalue weighted by Crippen LogP contribution is -2.61. The normalized spacial score (nSPS) is 31.2. The number of rotatable bonds is 13. The van der Waals surface area contributed by atoms with Crippen LogP contribution in [0.15, 0.2) is 24.3 Å². The number of phenols is 2. The van der Waals surface area contributed by atoms with E-state index in [0.29, 0.717) is 34.4 Å². The molecule has 2 saturated heterocycles. The number of hydrogen-bond acceptors (Lipinski definition) is 6. The SMILES string of the molecule is Cl.Cl.Cl.Cl.Oc1cc2c(cc1CNCCCCNCc1cc3c(cc1O)[C@@]14CCCC[C@H]1[C@@H](C3)N(CC1CCC1)CC4)C[C@@H]1[C@@H]3CCCC[C@]23CCN1CC1CCC1. The number of benzene rings is 2. The van der Waals surface area contributed by atoms with Gasteiger partial charge in [0.1, 0.15) is 11.5 Å². The minimum Gasteiger partial charge on any atom is -0.508 e. The maximum absolute atomic E-state index is 11.3. The molecule has 326 valence electrons. The van der Waals surface area contributed by atoms with E-state index >= 15 is 0 Å². The first-order valence-corrected chi connectivity index (χ1v) is 23.1. The first-order valence-electron chi connectivity index (χ1n) is 23.1. The van der Waals surface area contributed by atoms with Crippen LogP contribution < -0.4 is 10.6 Å². The number of nitrogens with one attached hydrogen (secondary N) is 2. The third-order valence-corrected chi connectivity index (χ3v) is 17.3. The number of likely N-dealkylation sites (tertiary alicyclic amines) is 2. The van der Waals surface area contributed by atoms with Gasteiger partial charge in [-0.05, 0) is 174 Å². The molecule has 2 aromatic carbocycles. The van der Waals surface area contributed by atoms with Crippen LogP contribution in [0.4, 0.5) is 0 Å². The lowest BCUT2D eigenvalue weighted by molar-refractivity contribution is -0.0241. The van der Waals surface area contributed by atoms with E-state index < -0.39 is 0 Å². The molecule has 4 bridgehead atoms. The molecular weight excluding hydrogens is 806 g/mol. The number of fused-ring (bicyclic) bond motifs is 2. The number of halogens is 4. The second-order valence-corrected chi connectivity index (χ2v) is 20.0. The standard InChI is InChI=1S/C48H70N4O2.4ClH/c53-45-27-41-35(25-43-39-13-1-3-15-47(39,41)17-21-51(43)31-33-9-7-10-33)23-37(45)29-49-19-5-6-20-50-30-38-24-36-26-44-40-14-2-4-16-48(40,42(36)28-46(38)54)18-22-52(44)32-34-11-8-12-34;;;;/h23-24,27-28,33-34,39-40,43-44,49-50,53-54H,1-22,25-26,29-32H2;4*1H/t39-,40-,43+,44+,47+,48+;;;;/m0..../s1. The van der Waals surface area contributed by atoms with Gasteiger partial charge < -0.3 is 20.8 Å². The molecule has 6 aliphatic carbocycles. The fourth-order valence-corrected chi connectivity index (χ4v) is 14.1. The second kappa shape index (κ2) is 19.6. The molecule has 6 fully saturated rings. The van der Waals surface area contributed by atoms with E-state index in [-0.39, 0.29) is 49.6 Å². The Morgan fingerprint density at radius 1 is 0.534 bits per heavy atom. The number of aromatic hydroxyl groups is 2. The van der Waals surface area contributed by atoms with Gasteiger partial charge in [-0.25, -0.2) is 0 Å². The van der Waals surface area contributed by atoms with Crippen LogP contribution in [0.25, 0.3) is 0 Å². The summed E-state index contributed by atoms with van der Waals surface area (Å²) in [7, 11) is 0. The lowest BCUT2D eigenvalue weighted by atomic mass is 9.52. The topological polar surface area (TPSA) is 71.0 Å². The average Bonchev–Trinajstić information content (AvgIpc) is 3.14. The summed E-state index contributed by atoms with van der Waals surface area (Å²) in [5.41, 5.74) is 8.85. The summed E-state index contributed by atoms with van der Waals surface area (Å²) in [6, 6.07) is 10.6. The highest BCUT2D eigenvalue weighted by Crippen LogP contribution is 2.58. The smallest absolute Gasteiger partial charge is 0.120 e. The van der Waals surface area contributed by atoms with Crippen molar-refractivity contribution in [3.63, 3.8) is 0 Å². The van der Waals surface area contributed by atoms with Crippen LogP contribution in [0.1, 0.15) is 149 Å². The largest absolute Gasteiger partial charge is 0.508 e. The third-order valence-electron chi connectivity index (χ3n) is 17.3. The van der Waals surface area contributed by atoms with Crippen molar-refractivity contribution in [2.24, 2.45) is 23.7 Å². The van der Waals surface area contributed by atoms with Crippen molar-refractivity contribution in [3.8, 4) is 11.5 Å². The van der Waals surface area contributed by atoms with Gasteiger partial charge in [0.25, 0.3) is 0 Å². The van der Waals surface area contributed by atoms with E-state index in [9.17, 15) is 10.2 Å². The van der Waals surface area contributed by atoms with Crippen molar-refractivity contribution in [2.45, 2.75) is 164 Å². The van der Waals surface area contributed by atoms with Gasteiger partial charge in [-0.2, -0.15) is 0 Å². The number of piperidine rings is 2. The van der Waals surface area contributed by atoms with Gasteiger partial charge in [-0.3, -0.25) is 9.80 Å². The van der Waals surface area contributed by atoms with Crippen LogP contribution in [-0.4, -0.2) is 71.4 Å². The van der Waals surface area contributed by atoms with E-state index in [1.165, 1.54) is 164 Å². The quantitative estimate of drug-likeness (QED) is 0.150. The number of unbranched alkanes of at least 4 members (excludes halogenated alkanes) is 1. The molecule has 8 aliphatic rings. The van der Waals surface area contributed by atoms with Crippen molar-refractivity contribution in [1.29, 1.82) is 0 Å². The molecule has 10 heteroatoms. The van der Waals surface area contributed by atoms with E-state index in [1.54, 1.807) is 0 Å². The molecule has 2 aliphatic heterocycles. The van der Waals surface area contributed by atoms with Crippen molar-refractivity contribution >= 4 is 49.6 Å². The minimum atomic E-state index is 0. The van der Waals surface area contributed by atoms with Gasteiger partial charge in [-0.15, -0.1) is 49.6 Å². The first kappa shape index (κ1) is 46.5. The molecule has 10 rings (SSSR count). The predicted molar refractivity (Wildman–Crippen MR) is 247 cm³/mol. The molecule has 58 heavy (non-hydrogen) atoms. The Labute approximate surface area is 374 Å². The minimum absolute atomic E-state index is 0. The van der Waals surface area contributed by atoms with Crippen molar-refractivity contribution in [3.05, 3.63) is 57.6 Å². The maximum Gasteiger partial charge on any atom is 0.120 e. The zero-order chi connectivity index (χ0) is 36.3. The van der Waals surface area contributed by atoms with Crippen LogP contribution in [0, 0.1) is 23.7 Å². The molecular formula is C48H74Cl4N4O2. The predicted octanol–water partition coefficient (Wildman–Crippen LogP) is 10.2. The first-order chi connectivity index (χ1) is 26.5. The molecule has 0 unspecified atom stereocenters. The molecule has 4 N–H and O–H groups in total. The Bertz CT molecular complexity index is 1570.